The number of nitrogens with zero attached hydrogens (tertiary/aromatic N) is 3. The Morgan fingerprint density at radius 3 is 2.81 bits per heavy atom. The van der Waals surface area contributed by atoms with E-state index in [1.807, 2.05) is 30.7 Å². The molecule has 2 heterocycles. The lowest BCUT2D eigenvalue weighted by molar-refractivity contribution is 0.0902. The van der Waals surface area contributed by atoms with Crippen molar-refractivity contribution in [1.29, 1.82) is 0 Å². The number of hydrogen-bond acceptors (Lipinski definition) is 3. The van der Waals surface area contributed by atoms with Crippen molar-refractivity contribution in [3.05, 3.63) is 65.0 Å². The molecule has 3 aromatic rings. The van der Waals surface area contributed by atoms with Gasteiger partial charge >= 0.3 is 0 Å². The molecule has 0 saturated heterocycles. The summed E-state index contributed by atoms with van der Waals surface area (Å²) in [5, 5.41) is 7.78. The molecule has 0 atom stereocenters. The zero-order chi connectivity index (χ0) is 18.3. The SMILES string of the molecule is Cc1ccccc1-n1nc(C(=O)NC(C)(C)c2ncc[nH]2)c2c1CCC2. The summed E-state index contributed by atoms with van der Waals surface area (Å²) in [5.41, 5.74) is 4.34. The third-order valence-electron chi connectivity index (χ3n) is 5.01. The summed E-state index contributed by atoms with van der Waals surface area (Å²) < 4.78 is 1.95. The molecular weight excluding hydrogens is 326 g/mol. The summed E-state index contributed by atoms with van der Waals surface area (Å²) in [6.45, 7) is 5.93. The first-order valence-electron chi connectivity index (χ1n) is 8.96. The van der Waals surface area contributed by atoms with Crippen molar-refractivity contribution < 1.29 is 4.79 Å². The first-order valence-corrected chi connectivity index (χ1v) is 8.96. The van der Waals surface area contributed by atoms with Gasteiger partial charge < -0.3 is 10.3 Å². The number of benzene rings is 1. The van der Waals surface area contributed by atoms with Crippen LogP contribution in [0.4, 0.5) is 0 Å². The quantitative estimate of drug-likeness (QED) is 0.760. The zero-order valence-electron chi connectivity index (χ0n) is 15.3. The highest BCUT2D eigenvalue weighted by Gasteiger charge is 2.31. The van der Waals surface area contributed by atoms with Gasteiger partial charge in [0, 0.05) is 23.7 Å². The van der Waals surface area contributed by atoms with Crippen LogP contribution in [0.3, 0.4) is 0 Å². The Balaban J connectivity index is 1.71. The Morgan fingerprint density at radius 1 is 1.27 bits per heavy atom. The molecule has 2 aromatic heterocycles. The maximum atomic E-state index is 13.0. The third-order valence-corrected chi connectivity index (χ3v) is 5.01. The molecule has 0 unspecified atom stereocenters. The largest absolute Gasteiger partial charge is 0.347 e. The Bertz CT molecular complexity index is 953. The van der Waals surface area contributed by atoms with E-state index in [0.717, 1.165) is 47.6 Å². The fourth-order valence-corrected chi connectivity index (χ4v) is 3.63. The average Bonchev–Trinajstić information content (AvgIpc) is 3.33. The number of H-pyrrole nitrogens is 1. The van der Waals surface area contributed by atoms with E-state index in [1.54, 1.807) is 12.4 Å². The molecule has 134 valence electrons. The molecule has 1 aliphatic rings. The molecule has 26 heavy (non-hydrogen) atoms. The lowest BCUT2D eigenvalue weighted by atomic mass is 10.0. The molecule has 6 nitrogen and oxygen atoms in total. The number of amides is 1. The Hall–Kier alpha value is -2.89. The molecule has 1 amide bonds. The fourth-order valence-electron chi connectivity index (χ4n) is 3.63. The van der Waals surface area contributed by atoms with Gasteiger partial charge in [0.25, 0.3) is 5.91 Å². The highest BCUT2D eigenvalue weighted by Crippen LogP contribution is 2.29. The summed E-state index contributed by atoms with van der Waals surface area (Å²) >= 11 is 0. The van der Waals surface area contributed by atoms with E-state index in [-0.39, 0.29) is 5.91 Å². The molecule has 2 N–H and O–H groups in total. The lowest BCUT2D eigenvalue weighted by Gasteiger charge is -2.23. The summed E-state index contributed by atoms with van der Waals surface area (Å²) in [5.74, 6) is 0.567. The van der Waals surface area contributed by atoms with Gasteiger partial charge in [-0.2, -0.15) is 5.10 Å². The summed E-state index contributed by atoms with van der Waals surface area (Å²) in [7, 11) is 0. The summed E-state index contributed by atoms with van der Waals surface area (Å²) in [6, 6.07) is 8.14. The lowest BCUT2D eigenvalue weighted by Crippen LogP contribution is -2.42. The van der Waals surface area contributed by atoms with Crippen LogP contribution < -0.4 is 5.32 Å². The number of para-hydroxylation sites is 1. The monoisotopic (exact) mass is 349 g/mol. The highest BCUT2D eigenvalue weighted by atomic mass is 16.2. The van der Waals surface area contributed by atoms with Gasteiger partial charge in [-0.3, -0.25) is 4.79 Å². The van der Waals surface area contributed by atoms with Gasteiger partial charge in [0.2, 0.25) is 0 Å². The molecule has 0 fully saturated rings. The number of hydrogen-bond donors (Lipinski definition) is 2. The Labute approximate surface area is 152 Å². The number of aromatic amines is 1. The number of fused-ring (bicyclic) bond motifs is 1. The molecule has 0 saturated carbocycles. The molecule has 0 radical (unpaired) electrons. The van der Waals surface area contributed by atoms with Crippen LogP contribution in [0, 0.1) is 6.92 Å². The summed E-state index contributed by atoms with van der Waals surface area (Å²) in [4.78, 5) is 20.4. The predicted molar refractivity (Wildman–Crippen MR) is 99.4 cm³/mol. The van der Waals surface area contributed by atoms with Crippen molar-refractivity contribution in [2.75, 3.05) is 0 Å². The van der Waals surface area contributed by atoms with Gasteiger partial charge in [0.15, 0.2) is 5.69 Å². The van der Waals surface area contributed by atoms with E-state index in [4.69, 9.17) is 5.10 Å². The van der Waals surface area contributed by atoms with Crippen molar-refractivity contribution in [1.82, 2.24) is 25.1 Å². The normalized spacial score (nSPS) is 13.7. The molecule has 4 rings (SSSR count). The van der Waals surface area contributed by atoms with Crippen LogP contribution in [0.2, 0.25) is 0 Å². The van der Waals surface area contributed by atoms with Crippen molar-refractivity contribution in [2.45, 2.75) is 45.6 Å². The van der Waals surface area contributed by atoms with Gasteiger partial charge in [0.05, 0.1) is 11.2 Å². The number of carbonyl (C=O) groups is 1. The second-order valence-corrected chi connectivity index (χ2v) is 7.34. The second-order valence-electron chi connectivity index (χ2n) is 7.34. The van der Waals surface area contributed by atoms with Crippen LogP contribution in [0.25, 0.3) is 5.69 Å². The van der Waals surface area contributed by atoms with Crippen LogP contribution in [-0.4, -0.2) is 25.7 Å². The zero-order valence-corrected chi connectivity index (χ0v) is 15.3. The maximum absolute atomic E-state index is 13.0. The molecule has 1 aliphatic carbocycles. The van der Waals surface area contributed by atoms with Gasteiger partial charge in [0.1, 0.15) is 5.82 Å². The topological polar surface area (TPSA) is 75.6 Å². The molecule has 0 bridgehead atoms. The number of nitrogens with one attached hydrogen (secondary N) is 2. The smallest absolute Gasteiger partial charge is 0.272 e. The number of aromatic nitrogens is 4. The minimum absolute atomic E-state index is 0.156. The molecule has 6 heteroatoms. The Kier molecular flexibility index (Phi) is 3.90. The van der Waals surface area contributed by atoms with Crippen LogP contribution in [-0.2, 0) is 18.4 Å². The third kappa shape index (κ3) is 2.71. The van der Waals surface area contributed by atoms with Crippen molar-refractivity contribution in [3.63, 3.8) is 0 Å². The molecule has 1 aromatic carbocycles. The van der Waals surface area contributed by atoms with Gasteiger partial charge in [-0.1, -0.05) is 18.2 Å². The predicted octanol–water partition coefficient (Wildman–Crippen LogP) is 3.06. The number of imidazole rings is 1. The highest BCUT2D eigenvalue weighted by molar-refractivity contribution is 5.94. The van der Waals surface area contributed by atoms with Gasteiger partial charge in [-0.25, -0.2) is 9.67 Å². The van der Waals surface area contributed by atoms with E-state index in [0.29, 0.717) is 5.69 Å². The van der Waals surface area contributed by atoms with Crippen molar-refractivity contribution in [3.8, 4) is 5.69 Å². The fraction of sp³-hybridized carbons (Fsp3) is 0.350. The number of aryl methyl sites for hydroxylation is 1. The number of rotatable bonds is 4. The molecule has 0 spiro atoms. The van der Waals surface area contributed by atoms with Crippen LogP contribution in [0.5, 0.6) is 0 Å². The second kappa shape index (κ2) is 6.12. The van der Waals surface area contributed by atoms with Crippen LogP contribution in [0.15, 0.2) is 36.7 Å². The van der Waals surface area contributed by atoms with Gasteiger partial charge in [-0.05, 0) is 51.7 Å². The standard InChI is InChI=1S/C20H23N5O/c1-13-7-4-5-9-15(13)25-16-10-6-8-14(16)17(24-25)18(26)23-20(2,3)19-21-11-12-22-19/h4-5,7,9,11-12H,6,8,10H2,1-3H3,(H,21,22)(H,23,26). The van der Waals surface area contributed by atoms with E-state index in [9.17, 15) is 4.79 Å². The van der Waals surface area contributed by atoms with Crippen LogP contribution in [0.1, 0.15) is 53.4 Å². The number of carbonyl (C=O) groups excluding carboxylic acids is 1. The maximum Gasteiger partial charge on any atom is 0.272 e. The molecule has 0 aliphatic heterocycles. The van der Waals surface area contributed by atoms with Crippen molar-refractivity contribution >= 4 is 5.91 Å². The molecular formula is C20H23N5O. The first kappa shape index (κ1) is 16.6. The van der Waals surface area contributed by atoms with Gasteiger partial charge in [-0.15, -0.1) is 0 Å². The van der Waals surface area contributed by atoms with E-state index in [1.165, 1.54) is 0 Å². The first-order chi connectivity index (χ1) is 12.5. The van der Waals surface area contributed by atoms with Crippen LogP contribution >= 0.6 is 0 Å². The average molecular weight is 349 g/mol. The van der Waals surface area contributed by atoms with E-state index in [2.05, 4.69) is 34.3 Å². The van der Waals surface area contributed by atoms with Crippen molar-refractivity contribution in [2.24, 2.45) is 0 Å². The summed E-state index contributed by atoms with van der Waals surface area (Å²) in [6.07, 6.45) is 6.35. The van der Waals surface area contributed by atoms with E-state index < -0.39 is 5.54 Å². The minimum atomic E-state index is -0.599. The minimum Gasteiger partial charge on any atom is -0.347 e. The van der Waals surface area contributed by atoms with E-state index >= 15 is 0 Å². The Morgan fingerprint density at radius 2 is 2.08 bits per heavy atom.